The average Bonchev–Trinajstić information content (AvgIpc) is 2.39. The zero-order chi connectivity index (χ0) is 11.7. The van der Waals surface area contributed by atoms with Crippen molar-refractivity contribution >= 4 is 21.6 Å². The van der Waals surface area contributed by atoms with Crippen LogP contribution < -0.4 is 4.90 Å². The van der Waals surface area contributed by atoms with Crippen molar-refractivity contribution < 1.29 is 0 Å². The first-order valence-electron chi connectivity index (χ1n) is 5.90. The minimum Gasteiger partial charge on any atom is -0.367 e. The predicted molar refractivity (Wildman–Crippen MR) is 75.3 cm³/mol. The number of anilines is 1. The molecular formula is C15H14BrN. The van der Waals surface area contributed by atoms with Gasteiger partial charge in [-0.05, 0) is 41.8 Å². The number of hydrogen-bond donors (Lipinski definition) is 0. The Labute approximate surface area is 110 Å². The van der Waals surface area contributed by atoms with E-state index in [1.807, 2.05) is 0 Å². The summed E-state index contributed by atoms with van der Waals surface area (Å²) in [5, 5.41) is 0. The Bertz CT molecular complexity index is 522. The molecule has 0 saturated heterocycles. The van der Waals surface area contributed by atoms with Crippen molar-refractivity contribution in [3.8, 4) is 0 Å². The van der Waals surface area contributed by atoms with Crippen LogP contribution in [0.1, 0.15) is 11.1 Å². The molecule has 0 amide bonds. The highest BCUT2D eigenvalue weighted by Crippen LogP contribution is 2.26. The van der Waals surface area contributed by atoms with Crippen LogP contribution in [-0.4, -0.2) is 6.54 Å². The van der Waals surface area contributed by atoms with Gasteiger partial charge in [0.05, 0.1) is 0 Å². The van der Waals surface area contributed by atoms with Gasteiger partial charge in [0.2, 0.25) is 0 Å². The SMILES string of the molecule is Brc1ccc2c(c1)CN(c1ccccc1)CC2. The summed E-state index contributed by atoms with van der Waals surface area (Å²) < 4.78 is 1.17. The van der Waals surface area contributed by atoms with Gasteiger partial charge >= 0.3 is 0 Å². The van der Waals surface area contributed by atoms with E-state index in [0.717, 1.165) is 19.5 Å². The molecule has 0 bridgehead atoms. The van der Waals surface area contributed by atoms with E-state index < -0.39 is 0 Å². The molecular weight excluding hydrogens is 274 g/mol. The van der Waals surface area contributed by atoms with Gasteiger partial charge in [0.25, 0.3) is 0 Å². The minimum absolute atomic E-state index is 1.01. The highest BCUT2D eigenvalue weighted by molar-refractivity contribution is 9.10. The second-order valence-electron chi connectivity index (χ2n) is 4.42. The van der Waals surface area contributed by atoms with E-state index in [1.165, 1.54) is 21.3 Å². The topological polar surface area (TPSA) is 3.24 Å². The van der Waals surface area contributed by atoms with Crippen molar-refractivity contribution in [2.24, 2.45) is 0 Å². The molecule has 0 saturated carbocycles. The van der Waals surface area contributed by atoms with Gasteiger partial charge in [0, 0.05) is 23.2 Å². The number of para-hydroxylation sites is 1. The smallest absolute Gasteiger partial charge is 0.0432 e. The van der Waals surface area contributed by atoms with E-state index in [-0.39, 0.29) is 0 Å². The largest absolute Gasteiger partial charge is 0.367 e. The van der Waals surface area contributed by atoms with Gasteiger partial charge < -0.3 is 4.90 Å². The molecule has 0 aromatic heterocycles. The van der Waals surface area contributed by atoms with Gasteiger partial charge in [0.1, 0.15) is 0 Å². The van der Waals surface area contributed by atoms with Crippen LogP contribution in [0, 0.1) is 0 Å². The second-order valence-corrected chi connectivity index (χ2v) is 5.34. The van der Waals surface area contributed by atoms with Crippen LogP contribution in [0.3, 0.4) is 0 Å². The van der Waals surface area contributed by atoms with Crippen LogP contribution in [0.5, 0.6) is 0 Å². The summed E-state index contributed by atoms with van der Waals surface area (Å²) in [5.74, 6) is 0. The molecule has 86 valence electrons. The Morgan fingerprint density at radius 1 is 0.941 bits per heavy atom. The van der Waals surface area contributed by atoms with Crippen LogP contribution in [0.25, 0.3) is 0 Å². The lowest BCUT2D eigenvalue weighted by Gasteiger charge is -2.30. The molecule has 17 heavy (non-hydrogen) atoms. The monoisotopic (exact) mass is 287 g/mol. The van der Waals surface area contributed by atoms with Gasteiger partial charge in [-0.2, -0.15) is 0 Å². The second kappa shape index (κ2) is 4.53. The van der Waals surface area contributed by atoms with E-state index in [4.69, 9.17) is 0 Å². The van der Waals surface area contributed by atoms with E-state index in [0.29, 0.717) is 0 Å². The molecule has 1 aliphatic rings. The van der Waals surface area contributed by atoms with Crippen LogP contribution in [0.15, 0.2) is 53.0 Å². The molecule has 0 atom stereocenters. The molecule has 0 N–H and O–H groups in total. The Balaban J connectivity index is 1.90. The predicted octanol–water partition coefficient (Wildman–Crippen LogP) is 4.01. The van der Waals surface area contributed by atoms with Crippen LogP contribution in [-0.2, 0) is 13.0 Å². The molecule has 2 aromatic rings. The van der Waals surface area contributed by atoms with Crippen LogP contribution in [0.4, 0.5) is 5.69 Å². The molecule has 1 heterocycles. The summed E-state index contributed by atoms with van der Waals surface area (Å²) in [5.41, 5.74) is 4.24. The Morgan fingerprint density at radius 3 is 2.59 bits per heavy atom. The molecule has 0 aliphatic carbocycles. The fraction of sp³-hybridized carbons (Fsp3) is 0.200. The fourth-order valence-corrected chi connectivity index (χ4v) is 2.79. The molecule has 2 aromatic carbocycles. The highest BCUT2D eigenvalue weighted by atomic mass is 79.9. The van der Waals surface area contributed by atoms with Gasteiger partial charge in [-0.1, -0.05) is 40.2 Å². The van der Waals surface area contributed by atoms with Gasteiger partial charge in [0.15, 0.2) is 0 Å². The maximum Gasteiger partial charge on any atom is 0.0432 e. The van der Waals surface area contributed by atoms with Crippen molar-refractivity contribution in [2.75, 3.05) is 11.4 Å². The third-order valence-electron chi connectivity index (χ3n) is 3.30. The number of fused-ring (bicyclic) bond motifs is 1. The third-order valence-corrected chi connectivity index (χ3v) is 3.80. The standard InChI is InChI=1S/C15H14BrN/c16-14-7-6-12-8-9-17(11-13(12)10-14)15-4-2-1-3-5-15/h1-7,10H,8-9,11H2. The maximum absolute atomic E-state index is 3.55. The summed E-state index contributed by atoms with van der Waals surface area (Å²) >= 11 is 3.55. The summed E-state index contributed by atoms with van der Waals surface area (Å²) in [6, 6.07) is 17.3. The van der Waals surface area contributed by atoms with Gasteiger partial charge in [-0.25, -0.2) is 0 Å². The van der Waals surface area contributed by atoms with Crippen molar-refractivity contribution in [1.29, 1.82) is 0 Å². The Kier molecular flexibility index (Phi) is 2.89. The molecule has 1 nitrogen and oxygen atoms in total. The lowest BCUT2D eigenvalue weighted by Crippen LogP contribution is -2.30. The zero-order valence-electron chi connectivity index (χ0n) is 9.57. The van der Waals surface area contributed by atoms with Crippen molar-refractivity contribution in [3.63, 3.8) is 0 Å². The summed E-state index contributed by atoms with van der Waals surface area (Å²) in [7, 11) is 0. The third kappa shape index (κ3) is 2.22. The van der Waals surface area contributed by atoms with Crippen molar-refractivity contribution in [1.82, 2.24) is 0 Å². The first-order valence-corrected chi connectivity index (χ1v) is 6.69. The fourth-order valence-electron chi connectivity index (χ4n) is 2.38. The van der Waals surface area contributed by atoms with E-state index in [1.54, 1.807) is 0 Å². The zero-order valence-corrected chi connectivity index (χ0v) is 11.2. The van der Waals surface area contributed by atoms with E-state index >= 15 is 0 Å². The van der Waals surface area contributed by atoms with Gasteiger partial charge in [-0.3, -0.25) is 0 Å². The quantitative estimate of drug-likeness (QED) is 0.766. The average molecular weight is 288 g/mol. The number of rotatable bonds is 1. The first kappa shape index (κ1) is 10.8. The number of hydrogen-bond acceptors (Lipinski definition) is 1. The Morgan fingerprint density at radius 2 is 1.76 bits per heavy atom. The lowest BCUT2D eigenvalue weighted by atomic mass is 9.99. The summed E-state index contributed by atoms with van der Waals surface area (Å²) in [4.78, 5) is 2.44. The summed E-state index contributed by atoms with van der Waals surface area (Å²) in [6.07, 6.45) is 1.14. The number of nitrogens with zero attached hydrogens (tertiary/aromatic N) is 1. The van der Waals surface area contributed by atoms with Crippen LogP contribution in [0.2, 0.25) is 0 Å². The van der Waals surface area contributed by atoms with E-state index in [2.05, 4.69) is 69.4 Å². The maximum atomic E-state index is 3.55. The number of benzene rings is 2. The minimum atomic E-state index is 1.01. The van der Waals surface area contributed by atoms with Crippen LogP contribution >= 0.6 is 15.9 Å². The number of halogens is 1. The molecule has 0 spiro atoms. The molecule has 2 heteroatoms. The molecule has 0 fully saturated rings. The first-order chi connectivity index (χ1) is 8.33. The lowest BCUT2D eigenvalue weighted by molar-refractivity contribution is 0.731. The molecule has 0 radical (unpaired) electrons. The highest BCUT2D eigenvalue weighted by Gasteiger charge is 2.16. The molecule has 1 aliphatic heterocycles. The normalized spacial score (nSPS) is 14.5. The van der Waals surface area contributed by atoms with E-state index in [9.17, 15) is 0 Å². The van der Waals surface area contributed by atoms with Gasteiger partial charge in [-0.15, -0.1) is 0 Å². The summed E-state index contributed by atoms with van der Waals surface area (Å²) in [6.45, 7) is 2.12. The van der Waals surface area contributed by atoms with Crippen molar-refractivity contribution in [2.45, 2.75) is 13.0 Å². The molecule has 3 rings (SSSR count). The molecule has 0 unspecified atom stereocenters. The van der Waals surface area contributed by atoms with Crippen molar-refractivity contribution in [3.05, 3.63) is 64.1 Å². The Hall–Kier alpha value is -1.28.